The molecule has 1 aliphatic rings. The summed E-state index contributed by atoms with van der Waals surface area (Å²) in [5.41, 5.74) is 0. The first kappa shape index (κ1) is 10.1. The van der Waals surface area contributed by atoms with Gasteiger partial charge >= 0.3 is 0 Å². The second-order valence-corrected chi connectivity index (χ2v) is 3.57. The average molecular weight is 179 g/mol. The molecule has 1 fully saturated rings. The van der Waals surface area contributed by atoms with E-state index in [1.807, 2.05) is 0 Å². The van der Waals surface area contributed by atoms with Gasteiger partial charge in [-0.05, 0) is 25.2 Å². The Morgan fingerprint density at radius 3 is 2.77 bits per heavy atom. The molecule has 2 nitrogen and oxygen atoms in total. The molecule has 0 unspecified atom stereocenters. The number of carbonyl (C=O) groups excluding carboxylic acids is 1. The van der Waals surface area contributed by atoms with Crippen molar-refractivity contribution in [3.05, 3.63) is 0 Å². The average Bonchev–Trinajstić information content (AvgIpc) is 2.57. The Kier molecular flexibility index (Phi) is 4.39. The Hall–Kier alpha value is -0.970. The Bertz CT molecular complexity index is 218. The number of hydrogen-bond acceptors (Lipinski definition) is 1. The second kappa shape index (κ2) is 5.64. The number of nitrogens with one attached hydrogen (secondary N) is 1. The van der Waals surface area contributed by atoms with Crippen LogP contribution in [0.4, 0.5) is 0 Å². The van der Waals surface area contributed by atoms with E-state index in [0.717, 1.165) is 18.9 Å². The first-order chi connectivity index (χ1) is 6.33. The summed E-state index contributed by atoms with van der Waals surface area (Å²) < 4.78 is 0. The molecule has 1 amide bonds. The van der Waals surface area contributed by atoms with E-state index < -0.39 is 0 Å². The SMILES string of the molecule is CC#CC(=O)NCCC1CCCC1. The van der Waals surface area contributed by atoms with Crippen LogP contribution in [0.15, 0.2) is 0 Å². The van der Waals surface area contributed by atoms with Crippen molar-refractivity contribution in [2.24, 2.45) is 5.92 Å². The maximum atomic E-state index is 10.9. The number of hydrogen-bond donors (Lipinski definition) is 1. The van der Waals surface area contributed by atoms with Crippen LogP contribution in [0.1, 0.15) is 39.0 Å². The van der Waals surface area contributed by atoms with Crippen molar-refractivity contribution in [3.63, 3.8) is 0 Å². The largest absolute Gasteiger partial charge is 0.345 e. The van der Waals surface area contributed by atoms with E-state index in [2.05, 4.69) is 17.2 Å². The predicted octanol–water partition coefficient (Wildman–Crippen LogP) is 1.71. The van der Waals surface area contributed by atoms with Crippen molar-refractivity contribution in [1.29, 1.82) is 0 Å². The lowest BCUT2D eigenvalue weighted by atomic mass is 10.0. The molecule has 0 bridgehead atoms. The van der Waals surface area contributed by atoms with Gasteiger partial charge in [-0.25, -0.2) is 0 Å². The van der Waals surface area contributed by atoms with Crippen molar-refractivity contribution in [2.45, 2.75) is 39.0 Å². The first-order valence-electron chi connectivity index (χ1n) is 5.03. The Labute approximate surface area is 80.1 Å². The molecule has 72 valence electrons. The van der Waals surface area contributed by atoms with Crippen LogP contribution < -0.4 is 5.32 Å². The highest BCUT2D eigenvalue weighted by Crippen LogP contribution is 2.26. The third-order valence-electron chi connectivity index (χ3n) is 2.55. The zero-order chi connectivity index (χ0) is 9.52. The second-order valence-electron chi connectivity index (χ2n) is 3.57. The molecule has 0 aromatic heterocycles. The van der Waals surface area contributed by atoms with Crippen molar-refractivity contribution in [1.82, 2.24) is 5.32 Å². The standard InChI is InChI=1S/C11H17NO/c1-2-5-11(13)12-9-8-10-6-3-4-7-10/h10H,3-4,6-9H2,1H3,(H,12,13). The fourth-order valence-electron chi connectivity index (χ4n) is 1.85. The molecule has 1 N–H and O–H groups in total. The first-order valence-corrected chi connectivity index (χ1v) is 5.03. The minimum Gasteiger partial charge on any atom is -0.345 e. The van der Waals surface area contributed by atoms with E-state index in [-0.39, 0.29) is 5.91 Å². The number of amides is 1. The number of carbonyl (C=O) groups is 1. The smallest absolute Gasteiger partial charge is 0.295 e. The molecule has 1 aliphatic carbocycles. The quantitative estimate of drug-likeness (QED) is 0.656. The molecule has 0 radical (unpaired) electrons. The van der Waals surface area contributed by atoms with Gasteiger partial charge in [-0.15, -0.1) is 0 Å². The van der Waals surface area contributed by atoms with Crippen LogP contribution in [0.5, 0.6) is 0 Å². The van der Waals surface area contributed by atoms with Crippen LogP contribution in [0.25, 0.3) is 0 Å². The fourth-order valence-corrected chi connectivity index (χ4v) is 1.85. The topological polar surface area (TPSA) is 29.1 Å². The molecule has 0 aromatic rings. The molecular formula is C11H17NO. The number of rotatable bonds is 3. The predicted molar refractivity (Wildman–Crippen MR) is 53.0 cm³/mol. The van der Waals surface area contributed by atoms with Gasteiger partial charge < -0.3 is 5.32 Å². The van der Waals surface area contributed by atoms with Gasteiger partial charge in [0.25, 0.3) is 5.91 Å². The van der Waals surface area contributed by atoms with E-state index in [4.69, 9.17) is 0 Å². The Morgan fingerprint density at radius 2 is 2.15 bits per heavy atom. The molecule has 0 heterocycles. The highest BCUT2D eigenvalue weighted by molar-refractivity contribution is 5.93. The lowest BCUT2D eigenvalue weighted by Crippen LogP contribution is -2.23. The third kappa shape index (κ3) is 3.98. The molecule has 0 spiro atoms. The minimum absolute atomic E-state index is 0.138. The van der Waals surface area contributed by atoms with Crippen LogP contribution in [0.3, 0.4) is 0 Å². The molecule has 0 saturated heterocycles. The van der Waals surface area contributed by atoms with E-state index >= 15 is 0 Å². The summed E-state index contributed by atoms with van der Waals surface area (Å²) in [5.74, 6) is 5.76. The van der Waals surface area contributed by atoms with Crippen LogP contribution in [-0.4, -0.2) is 12.5 Å². The Morgan fingerprint density at radius 1 is 1.46 bits per heavy atom. The minimum atomic E-state index is -0.138. The van der Waals surface area contributed by atoms with Crippen LogP contribution in [-0.2, 0) is 4.79 Å². The van der Waals surface area contributed by atoms with Gasteiger partial charge in [0.05, 0.1) is 0 Å². The van der Waals surface area contributed by atoms with Gasteiger partial charge in [0.1, 0.15) is 0 Å². The highest BCUT2D eigenvalue weighted by atomic mass is 16.1. The molecular weight excluding hydrogens is 162 g/mol. The normalized spacial score (nSPS) is 16.4. The molecule has 1 rings (SSSR count). The Balaban J connectivity index is 2.05. The summed E-state index contributed by atoms with van der Waals surface area (Å²) in [6, 6.07) is 0. The van der Waals surface area contributed by atoms with E-state index in [0.29, 0.717) is 0 Å². The van der Waals surface area contributed by atoms with Gasteiger partial charge in [0.15, 0.2) is 0 Å². The molecule has 13 heavy (non-hydrogen) atoms. The van der Waals surface area contributed by atoms with Crippen LogP contribution >= 0.6 is 0 Å². The maximum Gasteiger partial charge on any atom is 0.295 e. The molecule has 2 heteroatoms. The lowest BCUT2D eigenvalue weighted by Gasteiger charge is -2.07. The molecule has 0 atom stereocenters. The van der Waals surface area contributed by atoms with E-state index in [9.17, 15) is 4.79 Å². The van der Waals surface area contributed by atoms with E-state index in [1.165, 1.54) is 25.7 Å². The molecule has 0 aliphatic heterocycles. The maximum absolute atomic E-state index is 10.9. The highest BCUT2D eigenvalue weighted by Gasteiger charge is 2.14. The van der Waals surface area contributed by atoms with Gasteiger partial charge in [-0.2, -0.15) is 0 Å². The summed E-state index contributed by atoms with van der Waals surface area (Å²) in [7, 11) is 0. The van der Waals surface area contributed by atoms with Crippen LogP contribution in [0.2, 0.25) is 0 Å². The zero-order valence-corrected chi connectivity index (χ0v) is 8.23. The summed E-state index contributed by atoms with van der Waals surface area (Å²) in [5, 5.41) is 2.80. The van der Waals surface area contributed by atoms with Crippen molar-refractivity contribution in [2.75, 3.05) is 6.54 Å². The van der Waals surface area contributed by atoms with Gasteiger partial charge in [-0.3, -0.25) is 4.79 Å². The third-order valence-corrected chi connectivity index (χ3v) is 2.55. The van der Waals surface area contributed by atoms with Gasteiger partial charge in [0, 0.05) is 6.54 Å². The van der Waals surface area contributed by atoms with Gasteiger partial charge in [0.2, 0.25) is 0 Å². The van der Waals surface area contributed by atoms with E-state index in [1.54, 1.807) is 6.92 Å². The van der Waals surface area contributed by atoms with Crippen molar-refractivity contribution < 1.29 is 4.79 Å². The fraction of sp³-hybridized carbons (Fsp3) is 0.727. The monoisotopic (exact) mass is 179 g/mol. The molecule has 0 aromatic carbocycles. The summed E-state index contributed by atoms with van der Waals surface area (Å²) in [6.45, 7) is 2.47. The summed E-state index contributed by atoms with van der Waals surface area (Å²) in [4.78, 5) is 10.9. The lowest BCUT2D eigenvalue weighted by molar-refractivity contribution is -0.115. The van der Waals surface area contributed by atoms with Crippen molar-refractivity contribution >= 4 is 5.91 Å². The van der Waals surface area contributed by atoms with Crippen molar-refractivity contribution in [3.8, 4) is 11.8 Å². The molecule has 1 saturated carbocycles. The summed E-state index contributed by atoms with van der Waals surface area (Å²) >= 11 is 0. The van der Waals surface area contributed by atoms with Gasteiger partial charge in [-0.1, -0.05) is 31.6 Å². The van der Waals surface area contributed by atoms with Crippen LogP contribution in [0, 0.1) is 17.8 Å². The zero-order valence-electron chi connectivity index (χ0n) is 8.23. The summed E-state index contributed by atoms with van der Waals surface area (Å²) in [6.07, 6.45) is 6.54.